The van der Waals surface area contributed by atoms with Gasteiger partial charge in [-0.25, -0.2) is 8.80 Å². The van der Waals surface area contributed by atoms with Crippen LogP contribution in [-0.4, -0.2) is 82.4 Å². The Labute approximate surface area is 286 Å². The number of alkyl halides is 3. The van der Waals surface area contributed by atoms with Crippen LogP contribution in [0.15, 0.2) is 54.9 Å². The number of aliphatic hydroxyl groups is 1. The van der Waals surface area contributed by atoms with E-state index in [1.807, 2.05) is 21.4 Å². The third kappa shape index (κ3) is 5.83. The minimum absolute atomic E-state index is 0.0981. The van der Waals surface area contributed by atoms with Crippen LogP contribution >= 0.6 is 31.9 Å². The van der Waals surface area contributed by atoms with Crippen LogP contribution in [0.5, 0.6) is 0 Å². The van der Waals surface area contributed by atoms with Crippen molar-refractivity contribution in [2.75, 3.05) is 42.6 Å². The molecule has 4 aromatic heterocycles. The first-order valence-electron chi connectivity index (χ1n) is 15.4. The van der Waals surface area contributed by atoms with Crippen LogP contribution < -0.4 is 20.9 Å². The first-order chi connectivity index (χ1) is 23.1. The van der Waals surface area contributed by atoms with E-state index in [1.54, 1.807) is 22.6 Å². The predicted octanol–water partition coefficient (Wildman–Crippen LogP) is 4.37. The van der Waals surface area contributed by atoms with E-state index in [-0.39, 0.29) is 29.9 Å². The average molecular weight is 794 g/mol. The lowest BCUT2D eigenvalue weighted by Gasteiger charge is -2.17. The lowest BCUT2D eigenvalue weighted by atomic mass is 10.2. The highest BCUT2D eigenvalue weighted by Crippen LogP contribution is 2.27. The van der Waals surface area contributed by atoms with Gasteiger partial charge in [0.05, 0.1) is 35.0 Å². The Bertz CT molecular complexity index is 2290. The van der Waals surface area contributed by atoms with Gasteiger partial charge in [0.25, 0.3) is 11.1 Å². The summed E-state index contributed by atoms with van der Waals surface area (Å²) in [6.45, 7) is 2.07. The topological polar surface area (TPSA) is 131 Å². The van der Waals surface area contributed by atoms with Crippen molar-refractivity contribution in [2.24, 2.45) is 0 Å². The first-order valence-corrected chi connectivity index (χ1v) is 17.0. The SMILES string of the molecule is O=c1c2cc(Br)ccc2n2c(N3CCCC3)nnc2n1CC(F)(F)F.O=c1c2cc(Br)ccc2n2c(N3CCCC3)nnc2n1CCO. The minimum Gasteiger partial charge on any atom is -0.395 e. The van der Waals surface area contributed by atoms with E-state index in [0.29, 0.717) is 31.7 Å². The van der Waals surface area contributed by atoms with E-state index in [2.05, 4.69) is 57.2 Å². The van der Waals surface area contributed by atoms with Gasteiger partial charge in [-0.2, -0.15) is 13.2 Å². The zero-order valence-electron chi connectivity index (χ0n) is 25.4. The summed E-state index contributed by atoms with van der Waals surface area (Å²) in [6, 6.07) is 10.6. The first kappa shape index (κ1) is 32.5. The van der Waals surface area contributed by atoms with Gasteiger partial charge in [-0.1, -0.05) is 31.9 Å². The molecule has 0 saturated carbocycles. The van der Waals surface area contributed by atoms with Gasteiger partial charge in [0.1, 0.15) is 6.54 Å². The van der Waals surface area contributed by atoms with Gasteiger partial charge >= 0.3 is 6.18 Å². The monoisotopic (exact) mass is 792 g/mol. The molecular formula is C30H29Br2F3N10O3. The van der Waals surface area contributed by atoms with E-state index in [4.69, 9.17) is 0 Å². The maximum absolute atomic E-state index is 13.0. The molecule has 1 N–H and O–H groups in total. The second-order valence-electron chi connectivity index (χ2n) is 11.7. The van der Waals surface area contributed by atoms with Gasteiger partial charge < -0.3 is 14.9 Å². The summed E-state index contributed by atoms with van der Waals surface area (Å²) in [5, 5.41) is 26.6. The van der Waals surface area contributed by atoms with Crippen LogP contribution in [0.25, 0.3) is 33.4 Å². The van der Waals surface area contributed by atoms with Crippen molar-refractivity contribution in [3.8, 4) is 0 Å². The largest absolute Gasteiger partial charge is 0.406 e. The molecule has 2 saturated heterocycles. The Morgan fingerprint density at radius 1 is 0.688 bits per heavy atom. The number of rotatable bonds is 5. The van der Waals surface area contributed by atoms with Crippen molar-refractivity contribution < 1.29 is 18.3 Å². The predicted molar refractivity (Wildman–Crippen MR) is 181 cm³/mol. The van der Waals surface area contributed by atoms with E-state index in [1.165, 1.54) is 10.6 Å². The van der Waals surface area contributed by atoms with E-state index >= 15 is 0 Å². The highest BCUT2D eigenvalue weighted by atomic mass is 79.9. The lowest BCUT2D eigenvalue weighted by Crippen LogP contribution is -2.30. The number of benzene rings is 2. The molecule has 6 aromatic rings. The fraction of sp³-hybridized carbons (Fsp3) is 0.400. The lowest BCUT2D eigenvalue weighted by molar-refractivity contribution is -0.140. The van der Waals surface area contributed by atoms with E-state index in [9.17, 15) is 27.9 Å². The maximum atomic E-state index is 13.0. The van der Waals surface area contributed by atoms with Gasteiger partial charge in [0.15, 0.2) is 0 Å². The summed E-state index contributed by atoms with van der Waals surface area (Å²) in [4.78, 5) is 29.6. The molecule has 18 heteroatoms. The van der Waals surface area contributed by atoms with Crippen LogP contribution in [0.1, 0.15) is 25.7 Å². The fourth-order valence-electron chi connectivity index (χ4n) is 6.41. The van der Waals surface area contributed by atoms with Gasteiger partial charge in [0.2, 0.25) is 23.5 Å². The van der Waals surface area contributed by atoms with E-state index in [0.717, 1.165) is 67.8 Å². The number of aromatic nitrogens is 8. The van der Waals surface area contributed by atoms with Gasteiger partial charge in [-0.3, -0.25) is 18.7 Å². The smallest absolute Gasteiger partial charge is 0.395 e. The van der Waals surface area contributed by atoms with Crippen molar-refractivity contribution in [1.82, 2.24) is 38.3 Å². The third-order valence-electron chi connectivity index (χ3n) is 8.53. The Balaban J connectivity index is 0.000000152. The number of nitrogens with zero attached hydrogens (tertiary/aromatic N) is 10. The Morgan fingerprint density at radius 2 is 1.12 bits per heavy atom. The standard InChI is InChI=1S/C15H13BrF3N5O.C15H16BrN5O2/c16-9-3-4-11-10(7-9)12(25)23(8-15(17,18)19)14-21-20-13(24(11)14)22-5-1-2-6-22;16-10-3-4-12-11(9-10)13(23)20(7-8-22)15-18-17-14(21(12)15)19-5-1-2-6-19/h3-4,7H,1-2,5-6,8H2;3-4,9,22H,1-2,5-8H2. The number of fused-ring (bicyclic) bond motifs is 6. The van der Waals surface area contributed by atoms with Crippen molar-refractivity contribution in [3.63, 3.8) is 0 Å². The summed E-state index contributed by atoms with van der Waals surface area (Å²) in [5.41, 5.74) is 0.382. The van der Waals surface area contributed by atoms with Crippen molar-refractivity contribution >= 4 is 77.1 Å². The molecule has 2 fully saturated rings. The summed E-state index contributed by atoms with van der Waals surface area (Å²) in [5.74, 6) is 1.60. The Morgan fingerprint density at radius 3 is 1.56 bits per heavy atom. The summed E-state index contributed by atoms with van der Waals surface area (Å²) in [6.07, 6.45) is -0.297. The Hall–Kier alpha value is -4.03. The molecule has 252 valence electrons. The molecule has 0 amide bonds. The molecule has 6 heterocycles. The summed E-state index contributed by atoms with van der Waals surface area (Å²) in [7, 11) is 0. The number of hydrogen-bond donors (Lipinski definition) is 1. The molecule has 0 unspecified atom stereocenters. The molecule has 8 rings (SSSR count). The number of aliphatic hydroxyl groups excluding tert-OH is 1. The zero-order valence-corrected chi connectivity index (χ0v) is 28.5. The molecule has 0 aliphatic carbocycles. The molecule has 2 aliphatic heterocycles. The molecule has 0 atom stereocenters. The highest BCUT2D eigenvalue weighted by Gasteiger charge is 2.32. The van der Waals surface area contributed by atoms with Gasteiger partial charge in [-0.15, -0.1) is 20.4 Å². The molecule has 13 nitrogen and oxygen atoms in total. The van der Waals surface area contributed by atoms with Crippen molar-refractivity contribution in [3.05, 3.63) is 66.1 Å². The quantitative estimate of drug-likeness (QED) is 0.271. The molecule has 2 aliphatic rings. The summed E-state index contributed by atoms with van der Waals surface area (Å²) < 4.78 is 46.0. The van der Waals surface area contributed by atoms with Crippen LogP contribution in [0.3, 0.4) is 0 Å². The Kier molecular flexibility index (Phi) is 8.65. The molecule has 0 bridgehead atoms. The summed E-state index contributed by atoms with van der Waals surface area (Å²) >= 11 is 6.69. The van der Waals surface area contributed by atoms with Crippen molar-refractivity contribution in [2.45, 2.75) is 44.9 Å². The number of hydrogen-bond acceptors (Lipinski definition) is 9. The average Bonchev–Trinajstić information content (AvgIpc) is 3.87. The van der Waals surface area contributed by atoms with Gasteiger partial charge in [0, 0.05) is 35.1 Å². The fourth-order valence-corrected chi connectivity index (χ4v) is 7.13. The molecule has 0 radical (unpaired) electrons. The second-order valence-corrected chi connectivity index (χ2v) is 13.5. The van der Waals surface area contributed by atoms with Crippen LogP contribution in [0.4, 0.5) is 25.1 Å². The van der Waals surface area contributed by atoms with Crippen LogP contribution in [0.2, 0.25) is 0 Å². The second kappa shape index (κ2) is 12.8. The molecule has 2 aromatic carbocycles. The zero-order chi connectivity index (χ0) is 33.7. The maximum Gasteiger partial charge on any atom is 0.406 e. The molecule has 48 heavy (non-hydrogen) atoms. The third-order valence-corrected chi connectivity index (χ3v) is 9.52. The van der Waals surface area contributed by atoms with Gasteiger partial charge in [-0.05, 0) is 62.1 Å². The number of halogens is 5. The van der Waals surface area contributed by atoms with E-state index < -0.39 is 18.3 Å². The van der Waals surface area contributed by atoms with Crippen LogP contribution in [-0.2, 0) is 13.1 Å². The van der Waals surface area contributed by atoms with Crippen molar-refractivity contribution in [1.29, 1.82) is 0 Å². The molecular weight excluding hydrogens is 765 g/mol. The number of anilines is 2. The highest BCUT2D eigenvalue weighted by molar-refractivity contribution is 9.10. The minimum atomic E-state index is -4.54. The normalized spacial score (nSPS) is 15.4. The molecule has 0 spiro atoms. The van der Waals surface area contributed by atoms with Crippen LogP contribution in [0, 0.1) is 0 Å².